The van der Waals surface area contributed by atoms with Gasteiger partial charge in [-0.25, -0.2) is 10.2 Å². The Balaban J connectivity index is 1.88. The quantitative estimate of drug-likeness (QED) is 0.586. The summed E-state index contributed by atoms with van der Waals surface area (Å²) < 4.78 is 0. The standard InChI is InChI=1S/C15H21N3O2/c1-11(13-9-5-6-10-14(13)19)17-18-15(20)16-12-7-3-2-4-8-12/h5-6,9-10,12,19H,2-4,7-8H2,1H3,(H2,16,18,20). The first-order valence-corrected chi connectivity index (χ1v) is 7.06. The number of hydrazone groups is 1. The van der Waals surface area contributed by atoms with Crippen LogP contribution in [0.5, 0.6) is 5.75 Å². The van der Waals surface area contributed by atoms with Crippen molar-refractivity contribution < 1.29 is 9.90 Å². The maximum atomic E-state index is 11.7. The molecule has 0 atom stereocenters. The Labute approximate surface area is 119 Å². The highest BCUT2D eigenvalue weighted by Crippen LogP contribution is 2.17. The summed E-state index contributed by atoms with van der Waals surface area (Å²) in [7, 11) is 0. The van der Waals surface area contributed by atoms with Crippen molar-refractivity contribution in [2.45, 2.75) is 45.1 Å². The van der Waals surface area contributed by atoms with E-state index in [4.69, 9.17) is 0 Å². The Morgan fingerprint density at radius 3 is 2.65 bits per heavy atom. The fourth-order valence-electron chi connectivity index (χ4n) is 2.44. The number of carbonyl (C=O) groups is 1. The SMILES string of the molecule is CC(=NNC(=O)NC1CCCCC1)c1ccccc1O. The summed E-state index contributed by atoms with van der Waals surface area (Å²) in [5.41, 5.74) is 3.67. The van der Waals surface area contributed by atoms with Gasteiger partial charge in [-0.05, 0) is 31.9 Å². The number of para-hydroxylation sites is 1. The third-order valence-corrected chi connectivity index (χ3v) is 3.56. The first-order valence-electron chi connectivity index (χ1n) is 7.06. The summed E-state index contributed by atoms with van der Waals surface area (Å²) in [6, 6.07) is 6.88. The second-order valence-corrected chi connectivity index (χ2v) is 5.13. The van der Waals surface area contributed by atoms with Gasteiger partial charge < -0.3 is 10.4 Å². The monoisotopic (exact) mass is 275 g/mol. The zero-order valence-electron chi connectivity index (χ0n) is 11.7. The van der Waals surface area contributed by atoms with Gasteiger partial charge >= 0.3 is 6.03 Å². The molecular weight excluding hydrogens is 254 g/mol. The Morgan fingerprint density at radius 1 is 1.25 bits per heavy atom. The van der Waals surface area contributed by atoms with Gasteiger partial charge in [-0.2, -0.15) is 5.10 Å². The average Bonchev–Trinajstić information content (AvgIpc) is 2.46. The fourth-order valence-corrected chi connectivity index (χ4v) is 2.44. The third-order valence-electron chi connectivity index (χ3n) is 3.56. The van der Waals surface area contributed by atoms with Crippen LogP contribution in [0.15, 0.2) is 29.4 Å². The molecule has 1 saturated carbocycles. The van der Waals surface area contributed by atoms with Crippen molar-refractivity contribution in [2.24, 2.45) is 5.10 Å². The zero-order chi connectivity index (χ0) is 14.4. The maximum Gasteiger partial charge on any atom is 0.335 e. The second kappa shape index (κ2) is 6.93. The van der Waals surface area contributed by atoms with Crippen LogP contribution in [0.3, 0.4) is 0 Å². The van der Waals surface area contributed by atoms with E-state index >= 15 is 0 Å². The highest BCUT2D eigenvalue weighted by molar-refractivity contribution is 6.01. The van der Waals surface area contributed by atoms with Crippen molar-refractivity contribution in [3.05, 3.63) is 29.8 Å². The molecule has 0 saturated heterocycles. The van der Waals surface area contributed by atoms with E-state index < -0.39 is 0 Å². The number of phenols is 1. The largest absolute Gasteiger partial charge is 0.507 e. The Kier molecular flexibility index (Phi) is 4.98. The van der Waals surface area contributed by atoms with E-state index in [1.807, 2.05) is 6.07 Å². The first kappa shape index (κ1) is 14.4. The van der Waals surface area contributed by atoms with Crippen molar-refractivity contribution in [3.63, 3.8) is 0 Å². The molecule has 0 unspecified atom stereocenters. The molecule has 1 fully saturated rings. The van der Waals surface area contributed by atoms with E-state index in [9.17, 15) is 9.90 Å². The number of phenolic OH excluding ortho intramolecular Hbond substituents is 1. The molecular formula is C15H21N3O2. The molecule has 0 aromatic heterocycles. The van der Waals surface area contributed by atoms with E-state index in [1.165, 1.54) is 19.3 Å². The van der Waals surface area contributed by atoms with Gasteiger partial charge in [0.2, 0.25) is 0 Å². The third kappa shape index (κ3) is 3.98. The Hall–Kier alpha value is -2.04. The van der Waals surface area contributed by atoms with E-state index in [1.54, 1.807) is 25.1 Å². The van der Waals surface area contributed by atoms with Gasteiger partial charge in [-0.3, -0.25) is 0 Å². The molecule has 5 nitrogen and oxygen atoms in total. The van der Waals surface area contributed by atoms with Gasteiger partial charge in [0, 0.05) is 11.6 Å². The summed E-state index contributed by atoms with van der Waals surface area (Å²) in [5.74, 6) is 0.156. The van der Waals surface area contributed by atoms with Gasteiger partial charge in [0.1, 0.15) is 5.75 Å². The van der Waals surface area contributed by atoms with Crippen LogP contribution in [-0.4, -0.2) is 22.9 Å². The van der Waals surface area contributed by atoms with Gasteiger partial charge in [-0.1, -0.05) is 31.4 Å². The van der Waals surface area contributed by atoms with E-state index in [0.29, 0.717) is 11.3 Å². The fraction of sp³-hybridized carbons (Fsp3) is 0.467. The van der Waals surface area contributed by atoms with Crippen LogP contribution in [0.1, 0.15) is 44.6 Å². The van der Waals surface area contributed by atoms with Crippen LogP contribution < -0.4 is 10.7 Å². The van der Waals surface area contributed by atoms with Crippen molar-refractivity contribution in [2.75, 3.05) is 0 Å². The molecule has 20 heavy (non-hydrogen) atoms. The zero-order valence-corrected chi connectivity index (χ0v) is 11.7. The molecule has 0 radical (unpaired) electrons. The predicted octanol–water partition coefficient (Wildman–Crippen LogP) is 2.75. The molecule has 2 rings (SSSR count). The smallest absolute Gasteiger partial charge is 0.335 e. The van der Waals surface area contributed by atoms with Gasteiger partial charge in [0.15, 0.2) is 0 Å². The van der Waals surface area contributed by atoms with E-state index in [2.05, 4.69) is 15.8 Å². The van der Waals surface area contributed by atoms with Crippen molar-refractivity contribution >= 4 is 11.7 Å². The topological polar surface area (TPSA) is 73.7 Å². The molecule has 3 N–H and O–H groups in total. The average molecular weight is 275 g/mol. The number of amides is 2. The Bertz CT molecular complexity index is 494. The van der Waals surface area contributed by atoms with E-state index in [0.717, 1.165) is 12.8 Å². The number of aromatic hydroxyl groups is 1. The van der Waals surface area contributed by atoms with Gasteiger partial charge in [-0.15, -0.1) is 0 Å². The van der Waals surface area contributed by atoms with Crippen LogP contribution in [-0.2, 0) is 0 Å². The number of rotatable bonds is 3. The van der Waals surface area contributed by atoms with Crippen molar-refractivity contribution in [1.29, 1.82) is 0 Å². The lowest BCUT2D eigenvalue weighted by molar-refractivity contribution is 0.233. The minimum atomic E-state index is -0.285. The number of urea groups is 1. The molecule has 1 aliphatic carbocycles. The maximum absolute atomic E-state index is 11.7. The highest BCUT2D eigenvalue weighted by Gasteiger charge is 2.15. The van der Waals surface area contributed by atoms with Crippen LogP contribution in [0.4, 0.5) is 4.79 Å². The number of nitrogens with one attached hydrogen (secondary N) is 2. The summed E-state index contributed by atoms with van der Waals surface area (Å²) >= 11 is 0. The van der Waals surface area contributed by atoms with Gasteiger partial charge in [0.05, 0.1) is 5.71 Å². The molecule has 0 bridgehead atoms. The molecule has 108 valence electrons. The molecule has 1 aromatic rings. The molecule has 2 amide bonds. The second-order valence-electron chi connectivity index (χ2n) is 5.13. The minimum Gasteiger partial charge on any atom is -0.507 e. The summed E-state index contributed by atoms with van der Waals surface area (Å²) in [4.78, 5) is 11.7. The minimum absolute atomic E-state index is 0.156. The molecule has 0 spiro atoms. The number of hydrogen-bond acceptors (Lipinski definition) is 3. The van der Waals surface area contributed by atoms with Crippen LogP contribution >= 0.6 is 0 Å². The number of benzene rings is 1. The van der Waals surface area contributed by atoms with Crippen LogP contribution in [0.2, 0.25) is 0 Å². The predicted molar refractivity (Wildman–Crippen MR) is 78.9 cm³/mol. The number of hydrogen-bond donors (Lipinski definition) is 3. The summed E-state index contributed by atoms with van der Waals surface area (Å²) in [6.07, 6.45) is 5.67. The summed E-state index contributed by atoms with van der Waals surface area (Å²) in [6.45, 7) is 1.75. The lowest BCUT2D eigenvalue weighted by Gasteiger charge is -2.22. The van der Waals surface area contributed by atoms with Crippen LogP contribution in [0, 0.1) is 0 Å². The van der Waals surface area contributed by atoms with Gasteiger partial charge in [0.25, 0.3) is 0 Å². The van der Waals surface area contributed by atoms with Crippen LogP contribution in [0.25, 0.3) is 0 Å². The number of nitrogens with zero attached hydrogens (tertiary/aromatic N) is 1. The summed E-state index contributed by atoms with van der Waals surface area (Å²) in [5, 5.41) is 16.6. The lowest BCUT2D eigenvalue weighted by atomic mass is 9.96. The molecule has 0 aliphatic heterocycles. The van der Waals surface area contributed by atoms with Crippen molar-refractivity contribution in [3.8, 4) is 5.75 Å². The highest BCUT2D eigenvalue weighted by atomic mass is 16.3. The molecule has 1 aromatic carbocycles. The Morgan fingerprint density at radius 2 is 1.95 bits per heavy atom. The molecule has 0 heterocycles. The molecule has 1 aliphatic rings. The normalized spacial score (nSPS) is 16.8. The number of carbonyl (C=O) groups excluding carboxylic acids is 1. The van der Waals surface area contributed by atoms with E-state index in [-0.39, 0.29) is 17.8 Å². The van der Waals surface area contributed by atoms with Crippen molar-refractivity contribution in [1.82, 2.24) is 10.7 Å². The molecule has 5 heteroatoms. The first-order chi connectivity index (χ1) is 9.66. The lowest BCUT2D eigenvalue weighted by Crippen LogP contribution is -2.41.